The summed E-state index contributed by atoms with van der Waals surface area (Å²) in [7, 11) is 0. The minimum Gasteiger partial charge on any atom is -0.448 e. The molecule has 0 amide bonds. The fraction of sp³-hybridized carbons (Fsp3) is 0.231. The number of nitrogens with one attached hydrogen (secondary N) is 1. The van der Waals surface area contributed by atoms with Gasteiger partial charge in [0.2, 0.25) is 0 Å². The van der Waals surface area contributed by atoms with Crippen LogP contribution in [0.4, 0.5) is 0 Å². The fourth-order valence-electron chi connectivity index (χ4n) is 1.64. The Bertz CT molecular complexity index is 498. The highest BCUT2D eigenvalue weighted by Crippen LogP contribution is 2.23. The second kappa shape index (κ2) is 5.71. The summed E-state index contributed by atoms with van der Waals surface area (Å²) in [6.07, 6.45) is 0. The molecule has 2 aromatic rings. The number of hydrogen-bond donors (Lipinski definition) is 1. The van der Waals surface area contributed by atoms with Gasteiger partial charge in [-0.2, -0.15) is 0 Å². The monoisotopic (exact) mass is 313 g/mol. The van der Waals surface area contributed by atoms with E-state index in [-0.39, 0.29) is 6.04 Å². The van der Waals surface area contributed by atoms with Crippen LogP contribution in [0.1, 0.15) is 24.3 Å². The van der Waals surface area contributed by atoms with Crippen molar-refractivity contribution in [3.63, 3.8) is 0 Å². The molecule has 1 heterocycles. The third-order valence-corrected chi connectivity index (χ3v) is 3.51. The standard InChI is InChI=1S/C13H13BrClNO/c1-9(11-4-2-3-5-12(11)14)16-8-10-6-7-13(15)17-10/h2-7,9,16H,8H2,1H3/t9-/m0/s1. The van der Waals surface area contributed by atoms with Crippen molar-refractivity contribution in [2.75, 3.05) is 0 Å². The van der Waals surface area contributed by atoms with Gasteiger partial charge in [-0.1, -0.05) is 34.1 Å². The van der Waals surface area contributed by atoms with E-state index in [1.807, 2.05) is 24.3 Å². The van der Waals surface area contributed by atoms with Gasteiger partial charge < -0.3 is 9.73 Å². The Morgan fingerprint density at radius 2 is 2.06 bits per heavy atom. The molecule has 0 unspecified atom stereocenters. The number of rotatable bonds is 4. The molecule has 17 heavy (non-hydrogen) atoms. The molecular formula is C13H13BrClNO. The Hall–Kier alpha value is -0.770. The lowest BCUT2D eigenvalue weighted by atomic mass is 10.1. The lowest BCUT2D eigenvalue weighted by Gasteiger charge is -2.14. The van der Waals surface area contributed by atoms with Gasteiger partial charge in [0.1, 0.15) is 5.76 Å². The second-order valence-corrected chi connectivity index (χ2v) is 5.06. The van der Waals surface area contributed by atoms with Crippen LogP contribution in [-0.2, 0) is 6.54 Å². The highest BCUT2D eigenvalue weighted by atomic mass is 79.9. The van der Waals surface area contributed by atoms with E-state index in [4.69, 9.17) is 16.0 Å². The van der Waals surface area contributed by atoms with Crippen molar-refractivity contribution in [2.24, 2.45) is 0 Å². The Labute approximate surface area is 114 Å². The van der Waals surface area contributed by atoms with Crippen molar-refractivity contribution in [2.45, 2.75) is 19.5 Å². The van der Waals surface area contributed by atoms with Crippen LogP contribution in [0.3, 0.4) is 0 Å². The molecule has 0 spiro atoms. The molecule has 4 heteroatoms. The van der Waals surface area contributed by atoms with E-state index >= 15 is 0 Å². The van der Waals surface area contributed by atoms with Crippen LogP contribution in [0, 0.1) is 0 Å². The lowest BCUT2D eigenvalue weighted by molar-refractivity contribution is 0.461. The van der Waals surface area contributed by atoms with Gasteiger partial charge in [-0.25, -0.2) is 0 Å². The maximum Gasteiger partial charge on any atom is 0.193 e. The molecule has 0 saturated carbocycles. The summed E-state index contributed by atoms with van der Waals surface area (Å²) in [5.41, 5.74) is 1.23. The highest BCUT2D eigenvalue weighted by molar-refractivity contribution is 9.10. The zero-order chi connectivity index (χ0) is 12.3. The first kappa shape index (κ1) is 12.7. The van der Waals surface area contributed by atoms with Crippen LogP contribution in [-0.4, -0.2) is 0 Å². The summed E-state index contributed by atoms with van der Waals surface area (Å²) >= 11 is 9.26. The van der Waals surface area contributed by atoms with Crippen molar-refractivity contribution in [1.82, 2.24) is 5.32 Å². The van der Waals surface area contributed by atoms with Crippen LogP contribution in [0.5, 0.6) is 0 Å². The zero-order valence-electron chi connectivity index (χ0n) is 9.41. The number of benzene rings is 1. The van der Waals surface area contributed by atoms with Crippen molar-refractivity contribution < 1.29 is 4.42 Å². The maximum atomic E-state index is 5.72. The molecule has 0 aliphatic rings. The van der Waals surface area contributed by atoms with Gasteiger partial charge in [-0.15, -0.1) is 0 Å². The molecule has 0 aliphatic heterocycles. The van der Waals surface area contributed by atoms with E-state index < -0.39 is 0 Å². The molecule has 0 aliphatic carbocycles. The van der Waals surface area contributed by atoms with Crippen LogP contribution in [0.15, 0.2) is 45.3 Å². The van der Waals surface area contributed by atoms with E-state index in [9.17, 15) is 0 Å². The Kier molecular flexibility index (Phi) is 4.26. The minimum atomic E-state index is 0.245. The quantitative estimate of drug-likeness (QED) is 0.896. The molecule has 1 aromatic heterocycles. The molecule has 0 radical (unpaired) electrons. The molecular weight excluding hydrogens is 302 g/mol. The van der Waals surface area contributed by atoms with Gasteiger partial charge in [-0.05, 0) is 42.3 Å². The van der Waals surface area contributed by atoms with Crippen molar-refractivity contribution in [3.05, 3.63) is 57.4 Å². The zero-order valence-corrected chi connectivity index (χ0v) is 11.8. The third-order valence-electron chi connectivity index (χ3n) is 2.58. The highest BCUT2D eigenvalue weighted by Gasteiger charge is 2.09. The Morgan fingerprint density at radius 3 is 2.71 bits per heavy atom. The van der Waals surface area contributed by atoms with Crippen molar-refractivity contribution >= 4 is 27.5 Å². The van der Waals surface area contributed by atoms with E-state index in [0.717, 1.165) is 10.2 Å². The molecule has 1 aromatic carbocycles. The van der Waals surface area contributed by atoms with Gasteiger partial charge in [-0.3, -0.25) is 0 Å². The van der Waals surface area contributed by atoms with Gasteiger partial charge >= 0.3 is 0 Å². The molecule has 0 bridgehead atoms. The van der Waals surface area contributed by atoms with Crippen LogP contribution >= 0.6 is 27.5 Å². The van der Waals surface area contributed by atoms with Crippen LogP contribution in [0.25, 0.3) is 0 Å². The largest absolute Gasteiger partial charge is 0.448 e. The normalized spacial score (nSPS) is 12.6. The minimum absolute atomic E-state index is 0.245. The smallest absolute Gasteiger partial charge is 0.193 e. The molecule has 0 fully saturated rings. The summed E-state index contributed by atoms with van der Waals surface area (Å²) in [5.74, 6) is 0.842. The van der Waals surface area contributed by atoms with Crippen LogP contribution < -0.4 is 5.32 Å². The third kappa shape index (κ3) is 3.35. The predicted octanol–water partition coefficient (Wildman–Crippen LogP) is 4.55. The van der Waals surface area contributed by atoms with Crippen LogP contribution in [0.2, 0.25) is 5.22 Å². The first-order valence-corrected chi connectivity index (χ1v) is 6.56. The van der Waals surface area contributed by atoms with E-state index in [2.05, 4.69) is 34.2 Å². The summed E-state index contributed by atoms with van der Waals surface area (Å²) in [5, 5.41) is 3.81. The van der Waals surface area contributed by atoms with Crippen molar-refractivity contribution in [3.8, 4) is 0 Å². The lowest BCUT2D eigenvalue weighted by Crippen LogP contribution is -2.18. The Balaban J connectivity index is 1.98. The maximum absolute atomic E-state index is 5.72. The molecule has 2 nitrogen and oxygen atoms in total. The average Bonchev–Trinajstić information content (AvgIpc) is 2.73. The summed E-state index contributed by atoms with van der Waals surface area (Å²) in [6, 6.07) is 12.0. The topological polar surface area (TPSA) is 25.2 Å². The van der Waals surface area contributed by atoms with Gasteiger partial charge in [0.05, 0.1) is 6.54 Å². The second-order valence-electron chi connectivity index (χ2n) is 3.83. The van der Waals surface area contributed by atoms with Gasteiger partial charge in [0.15, 0.2) is 5.22 Å². The molecule has 1 N–H and O–H groups in total. The fourth-order valence-corrected chi connectivity index (χ4v) is 2.43. The molecule has 90 valence electrons. The summed E-state index contributed by atoms with van der Waals surface area (Å²) in [6.45, 7) is 2.78. The average molecular weight is 315 g/mol. The summed E-state index contributed by atoms with van der Waals surface area (Å²) in [4.78, 5) is 0. The number of furan rings is 1. The Morgan fingerprint density at radius 1 is 1.29 bits per heavy atom. The number of hydrogen-bond acceptors (Lipinski definition) is 2. The first-order chi connectivity index (χ1) is 8.16. The van der Waals surface area contributed by atoms with Gasteiger partial charge in [0.25, 0.3) is 0 Å². The van der Waals surface area contributed by atoms with Gasteiger partial charge in [0, 0.05) is 10.5 Å². The SMILES string of the molecule is C[C@H](NCc1ccc(Cl)o1)c1ccccc1Br. The summed E-state index contributed by atoms with van der Waals surface area (Å²) < 4.78 is 6.40. The van der Waals surface area contributed by atoms with E-state index in [1.54, 1.807) is 6.07 Å². The van der Waals surface area contributed by atoms with E-state index in [1.165, 1.54) is 5.56 Å². The molecule has 1 atom stereocenters. The van der Waals surface area contributed by atoms with E-state index in [0.29, 0.717) is 11.8 Å². The first-order valence-electron chi connectivity index (χ1n) is 5.39. The predicted molar refractivity (Wildman–Crippen MR) is 73.1 cm³/mol. The molecule has 2 rings (SSSR count). The van der Waals surface area contributed by atoms with Crippen molar-refractivity contribution in [1.29, 1.82) is 0 Å². The number of halogens is 2. The molecule has 0 saturated heterocycles.